The molecule has 2 N–H and O–H groups in total. The molecule has 2 rings (SSSR count). The molecular formula is C15H25BrN2OS. The maximum atomic E-state index is 6.42. The van der Waals surface area contributed by atoms with E-state index in [2.05, 4.69) is 46.1 Å². The molecule has 3 unspecified atom stereocenters. The van der Waals surface area contributed by atoms with E-state index < -0.39 is 0 Å². The largest absolute Gasteiger partial charge is 0.377 e. The minimum absolute atomic E-state index is 0.181. The Labute approximate surface area is 134 Å². The van der Waals surface area contributed by atoms with Gasteiger partial charge in [0.1, 0.15) is 0 Å². The van der Waals surface area contributed by atoms with Crippen molar-refractivity contribution in [2.24, 2.45) is 5.73 Å². The van der Waals surface area contributed by atoms with Crippen molar-refractivity contribution in [3.63, 3.8) is 0 Å². The Morgan fingerprint density at radius 2 is 2.35 bits per heavy atom. The first-order valence-electron chi connectivity index (χ1n) is 7.50. The van der Waals surface area contributed by atoms with Crippen LogP contribution in [-0.2, 0) is 4.74 Å². The molecule has 0 aromatic carbocycles. The van der Waals surface area contributed by atoms with Crippen molar-refractivity contribution in [1.82, 2.24) is 4.90 Å². The number of ether oxygens (including phenoxy) is 1. The van der Waals surface area contributed by atoms with Gasteiger partial charge < -0.3 is 10.5 Å². The third-order valence-corrected chi connectivity index (χ3v) is 5.73. The van der Waals surface area contributed by atoms with E-state index in [0.29, 0.717) is 12.1 Å². The van der Waals surface area contributed by atoms with Crippen LogP contribution in [0.15, 0.2) is 15.9 Å². The predicted octanol–water partition coefficient (Wildman–Crippen LogP) is 3.79. The van der Waals surface area contributed by atoms with Crippen molar-refractivity contribution in [1.29, 1.82) is 0 Å². The summed E-state index contributed by atoms with van der Waals surface area (Å²) < 4.78 is 6.99. The Bertz CT molecular complexity index is 410. The highest BCUT2D eigenvalue weighted by Crippen LogP contribution is 2.34. The molecule has 5 heteroatoms. The molecule has 1 aromatic rings. The fourth-order valence-electron chi connectivity index (χ4n) is 2.96. The molecule has 3 atom stereocenters. The van der Waals surface area contributed by atoms with E-state index in [4.69, 9.17) is 10.5 Å². The summed E-state index contributed by atoms with van der Waals surface area (Å²) >= 11 is 5.36. The molecule has 0 spiro atoms. The molecule has 2 heterocycles. The van der Waals surface area contributed by atoms with Crippen molar-refractivity contribution in [3.8, 4) is 0 Å². The van der Waals surface area contributed by atoms with E-state index in [0.717, 1.165) is 30.6 Å². The second-order valence-electron chi connectivity index (χ2n) is 5.40. The number of hydrogen-bond donors (Lipinski definition) is 1. The van der Waals surface area contributed by atoms with Gasteiger partial charge in [0, 0.05) is 33.9 Å². The minimum Gasteiger partial charge on any atom is -0.377 e. The first-order valence-corrected chi connectivity index (χ1v) is 9.18. The fourth-order valence-corrected chi connectivity index (χ4v) is 4.61. The quantitative estimate of drug-likeness (QED) is 0.838. The van der Waals surface area contributed by atoms with Crippen LogP contribution in [0.5, 0.6) is 0 Å². The zero-order chi connectivity index (χ0) is 14.5. The second-order valence-corrected chi connectivity index (χ2v) is 7.26. The standard InChI is InChI=1S/C15H25BrN2OS/c1-3-13(17)15(14-8-11(16)10-20-14)18-7-5-6-12(9-18)19-4-2/h8,10,12-13,15H,3-7,9,17H2,1-2H3. The van der Waals surface area contributed by atoms with Crippen molar-refractivity contribution < 1.29 is 4.74 Å². The summed E-state index contributed by atoms with van der Waals surface area (Å²) in [6.45, 7) is 7.17. The van der Waals surface area contributed by atoms with Gasteiger partial charge in [0.15, 0.2) is 0 Å². The molecule has 1 aliphatic rings. The monoisotopic (exact) mass is 360 g/mol. The number of piperidine rings is 1. The van der Waals surface area contributed by atoms with Crippen LogP contribution in [0.25, 0.3) is 0 Å². The van der Waals surface area contributed by atoms with Gasteiger partial charge in [0.25, 0.3) is 0 Å². The fraction of sp³-hybridized carbons (Fsp3) is 0.733. The molecule has 3 nitrogen and oxygen atoms in total. The Balaban J connectivity index is 2.14. The Morgan fingerprint density at radius 1 is 1.55 bits per heavy atom. The maximum Gasteiger partial charge on any atom is 0.0702 e. The first-order chi connectivity index (χ1) is 9.65. The molecule has 1 fully saturated rings. The van der Waals surface area contributed by atoms with E-state index in [1.54, 1.807) is 11.3 Å². The van der Waals surface area contributed by atoms with E-state index in [1.807, 2.05) is 0 Å². The number of rotatable bonds is 6. The van der Waals surface area contributed by atoms with Gasteiger partial charge in [-0.25, -0.2) is 0 Å². The smallest absolute Gasteiger partial charge is 0.0702 e. The summed E-state index contributed by atoms with van der Waals surface area (Å²) in [6.07, 6.45) is 3.73. The number of hydrogen-bond acceptors (Lipinski definition) is 4. The number of thiophene rings is 1. The second kappa shape index (κ2) is 7.90. The third kappa shape index (κ3) is 4.04. The lowest BCUT2D eigenvalue weighted by molar-refractivity contribution is -0.0110. The minimum atomic E-state index is 0.181. The van der Waals surface area contributed by atoms with Crippen LogP contribution < -0.4 is 5.73 Å². The van der Waals surface area contributed by atoms with Crippen LogP contribution >= 0.6 is 27.3 Å². The number of halogens is 1. The zero-order valence-corrected chi connectivity index (χ0v) is 14.8. The van der Waals surface area contributed by atoms with E-state index in [1.165, 1.54) is 17.7 Å². The van der Waals surface area contributed by atoms with Crippen LogP contribution in [0, 0.1) is 0 Å². The molecule has 20 heavy (non-hydrogen) atoms. The summed E-state index contributed by atoms with van der Waals surface area (Å²) in [7, 11) is 0. The molecule has 0 saturated carbocycles. The van der Waals surface area contributed by atoms with E-state index >= 15 is 0 Å². The van der Waals surface area contributed by atoms with Gasteiger partial charge in [-0.3, -0.25) is 4.90 Å². The van der Waals surface area contributed by atoms with Crippen LogP contribution in [0.3, 0.4) is 0 Å². The lowest BCUT2D eigenvalue weighted by Crippen LogP contribution is -2.47. The molecule has 0 amide bonds. The predicted molar refractivity (Wildman–Crippen MR) is 89.2 cm³/mol. The van der Waals surface area contributed by atoms with E-state index in [9.17, 15) is 0 Å². The number of likely N-dealkylation sites (tertiary alicyclic amines) is 1. The third-order valence-electron chi connectivity index (χ3n) is 3.96. The van der Waals surface area contributed by atoms with Gasteiger partial charge in [-0.15, -0.1) is 11.3 Å². The summed E-state index contributed by atoms with van der Waals surface area (Å²) in [6, 6.07) is 2.72. The molecule has 0 radical (unpaired) electrons. The molecule has 1 aliphatic heterocycles. The van der Waals surface area contributed by atoms with Crippen LogP contribution in [0.2, 0.25) is 0 Å². The molecule has 1 aromatic heterocycles. The SMILES string of the molecule is CCOC1CCCN(C(c2cc(Br)cs2)C(N)CC)C1. The number of nitrogens with two attached hydrogens (primary N) is 1. The molecule has 1 saturated heterocycles. The van der Waals surface area contributed by atoms with Crippen LogP contribution in [0.1, 0.15) is 44.0 Å². The molecule has 0 aliphatic carbocycles. The summed E-state index contributed by atoms with van der Waals surface area (Å²) in [5.74, 6) is 0. The van der Waals surface area contributed by atoms with Gasteiger partial charge in [-0.1, -0.05) is 6.92 Å². The van der Waals surface area contributed by atoms with Gasteiger partial charge in [-0.05, 0) is 54.7 Å². The van der Waals surface area contributed by atoms with Crippen molar-refractivity contribution in [3.05, 3.63) is 20.8 Å². The van der Waals surface area contributed by atoms with E-state index in [-0.39, 0.29) is 6.04 Å². The first kappa shape index (κ1) is 16.4. The molecular weight excluding hydrogens is 336 g/mol. The highest BCUT2D eigenvalue weighted by atomic mass is 79.9. The van der Waals surface area contributed by atoms with Crippen molar-refractivity contribution in [2.75, 3.05) is 19.7 Å². The van der Waals surface area contributed by atoms with Crippen LogP contribution in [-0.4, -0.2) is 36.7 Å². The highest BCUT2D eigenvalue weighted by Gasteiger charge is 2.31. The van der Waals surface area contributed by atoms with Gasteiger partial charge in [-0.2, -0.15) is 0 Å². The molecule has 0 bridgehead atoms. The topological polar surface area (TPSA) is 38.5 Å². The average Bonchev–Trinajstić information content (AvgIpc) is 2.86. The summed E-state index contributed by atoms with van der Waals surface area (Å²) in [5, 5.41) is 2.15. The van der Waals surface area contributed by atoms with Crippen molar-refractivity contribution >= 4 is 27.3 Å². The van der Waals surface area contributed by atoms with Crippen molar-refractivity contribution in [2.45, 2.75) is 51.3 Å². The summed E-state index contributed by atoms with van der Waals surface area (Å²) in [4.78, 5) is 3.89. The lowest BCUT2D eigenvalue weighted by atomic mass is 9.98. The maximum absolute atomic E-state index is 6.42. The highest BCUT2D eigenvalue weighted by molar-refractivity contribution is 9.10. The normalized spacial score (nSPS) is 23.7. The average molecular weight is 361 g/mol. The zero-order valence-electron chi connectivity index (χ0n) is 12.3. The van der Waals surface area contributed by atoms with Gasteiger partial charge in [0.2, 0.25) is 0 Å². The van der Waals surface area contributed by atoms with Crippen LogP contribution in [0.4, 0.5) is 0 Å². The Kier molecular flexibility index (Phi) is 6.49. The van der Waals surface area contributed by atoms with Gasteiger partial charge >= 0.3 is 0 Å². The Hall–Kier alpha value is 0.0600. The lowest BCUT2D eigenvalue weighted by Gasteiger charge is -2.40. The summed E-state index contributed by atoms with van der Waals surface area (Å²) in [5.41, 5.74) is 6.42. The number of nitrogens with zero attached hydrogens (tertiary/aromatic N) is 1. The van der Waals surface area contributed by atoms with Gasteiger partial charge in [0.05, 0.1) is 12.1 Å². The molecule has 114 valence electrons. The Morgan fingerprint density at radius 3 is 2.95 bits per heavy atom.